The van der Waals surface area contributed by atoms with Gasteiger partial charge in [0.2, 0.25) is 6.54 Å². The van der Waals surface area contributed by atoms with Crippen LogP contribution >= 0.6 is 0 Å². The highest BCUT2D eigenvalue weighted by atomic mass is 16.6. The standard InChI is InChI=1S/C25H21N3O4/c1-31-25-12-17(10-11-24(25)32-16-19-7-3-2-6-18(19)13-26)22(15-28(29)30)21-14-27-23-9-5-4-8-20(21)23/h2-12,14,22,27H,15-16H2,1H3/t22-/m1/s1. The molecule has 3 aromatic carbocycles. The first kappa shape index (κ1) is 20.9. The smallest absolute Gasteiger partial charge is 0.214 e. The van der Waals surface area contributed by atoms with Gasteiger partial charge in [-0.25, -0.2) is 0 Å². The maximum absolute atomic E-state index is 11.5. The highest BCUT2D eigenvalue weighted by Crippen LogP contribution is 2.36. The number of hydrogen-bond acceptors (Lipinski definition) is 5. The number of H-pyrrole nitrogens is 1. The molecule has 0 aliphatic rings. The van der Waals surface area contributed by atoms with Gasteiger partial charge in [-0.3, -0.25) is 10.1 Å². The van der Waals surface area contributed by atoms with Crippen molar-refractivity contribution in [3.8, 4) is 17.6 Å². The molecule has 4 rings (SSSR count). The number of nitro groups is 1. The fraction of sp³-hybridized carbons (Fsp3) is 0.160. The molecule has 1 atom stereocenters. The van der Waals surface area contributed by atoms with Crippen LogP contribution < -0.4 is 9.47 Å². The number of methoxy groups -OCH3 is 1. The number of nitriles is 1. The van der Waals surface area contributed by atoms with E-state index in [4.69, 9.17) is 9.47 Å². The van der Waals surface area contributed by atoms with Crippen LogP contribution in [0.2, 0.25) is 0 Å². The van der Waals surface area contributed by atoms with Gasteiger partial charge in [-0.05, 0) is 35.4 Å². The highest BCUT2D eigenvalue weighted by molar-refractivity contribution is 5.84. The average molecular weight is 427 g/mol. The van der Waals surface area contributed by atoms with E-state index in [0.29, 0.717) is 17.1 Å². The molecule has 160 valence electrons. The number of benzene rings is 3. The summed E-state index contributed by atoms with van der Waals surface area (Å²) in [5.41, 5.74) is 3.86. The molecule has 1 N–H and O–H groups in total. The molecule has 0 aliphatic heterocycles. The Morgan fingerprint density at radius 2 is 1.88 bits per heavy atom. The third-order valence-corrected chi connectivity index (χ3v) is 5.44. The molecule has 0 bridgehead atoms. The largest absolute Gasteiger partial charge is 0.493 e. The number of para-hydroxylation sites is 1. The maximum Gasteiger partial charge on any atom is 0.214 e. The summed E-state index contributed by atoms with van der Waals surface area (Å²) in [6.07, 6.45) is 1.83. The van der Waals surface area contributed by atoms with Crippen LogP contribution in [0.15, 0.2) is 72.9 Å². The Bertz CT molecular complexity index is 1310. The summed E-state index contributed by atoms with van der Waals surface area (Å²) in [5, 5.41) is 21.7. The Kier molecular flexibility index (Phi) is 6.04. The van der Waals surface area contributed by atoms with Gasteiger partial charge in [0, 0.05) is 27.6 Å². The monoisotopic (exact) mass is 427 g/mol. The summed E-state index contributed by atoms with van der Waals surface area (Å²) in [6, 6.07) is 22.5. The van der Waals surface area contributed by atoms with Gasteiger partial charge in [-0.2, -0.15) is 5.26 Å². The molecule has 32 heavy (non-hydrogen) atoms. The Labute approximate surface area is 185 Å². The van der Waals surface area contributed by atoms with E-state index in [2.05, 4.69) is 11.1 Å². The fourth-order valence-electron chi connectivity index (χ4n) is 3.85. The molecule has 0 unspecified atom stereocenters. The van der Waals surface area contributed by atoms with Crippen molar-refractivity contribution in [2.24, 2.45) is 0 Å². The van der Waals surface area contributed by atoms with Gasteiger partial charge in [-0.15, -0.1) is 0 Å². The number of nitrogens with zero attached hydrogens (tertiary/aromatic N) is 2. The molecule has 7 nitrogen and oxygen atoms in total. The normalized spacial score (nSPS) is 11.6. The van der Waals surface area contributed by atoms with E-state index in [1.54, 1.807) is 24.3 Å². The Morgan fingerprint density at radius 3 is 2.66 bits per heavy atom. The number of aromatic nitrogens is 1. The summed E-state index contributed by atoms with van der Waals surface area (Å²) >= 11 is 0. The Balaban J connectivity index is 1.66. The van der Waals surface area contributed by atoms with E-state index in [0.717, 1.165) is 27.6 Å². The van der Waals surface area contributed by atoms with Crippen LogP contribution in [-0.2, 0) is 6.61 Å². The third-order valence-electron chi connectivity index (χ3n) is 5.44. The number of ether oxygens (including phenoxy) is 2. The zero-order valence-electron chi connectivity index (χ0n) is 17.4. The van der Waals surface area contributed by atoms with Gasteiger partial charge < -0.3 is 14.5 Å². The van der Waals surface area contributed by atoms with Crippen molar-refractivity contribution in [1.82, 2.24) is 4.98 Å². The van der Waals surface area contributed by atoms with Crippen LogP contribution in [0.5, 0.6) is 11.5 Å². The second-order valence-corrected chi connectivity index (χ2v) is 7.33. The molecular formula is C25H21N3O4. The molecular weight excluding hydrogens is 406 g/mol. The average Bonchev–Trinajstić information content (AvgIpc) is 3.25. The van der Waals surface area contributed by atoms with Crippen molar-refractivity contribution in [2.45, 2.75) is 12.5 Å². The van der Waals surface area contributed by atoms with Crippen LogP contribution in [0.1, 0.15) is 28.2 Å². The molecule has 0 aliphatic carbocycles. The minimum absolute atomic E-state index is 0.209. The molecule has 7 heteroatoms. The summed E-state index contributed by atoms with van der Waals surface area (Å²) in [4.78, 5) is 14.4. The van der Waals surface area contributed by atoms with E-state index < -0.39 is 5.92 Å². The van der Waals surface area contributed by atoms with Crippen molar-refractivity contribution in [3.05, 3.63) is 105 Å². The second kappa shape index (κ2) is 9.23. The fourth-order valence-corrected chi connectivity index (χ4v) is 3.85. The molecule has 0 spiro atoms. The lowest BCUT2D eigenvalue weighted by atomic mass is 9.90. The van der Waals surface area contributed by atoms with Crippen molar-refractivity contribution >= 4 is 10.9 Å². The lowest BCUT2D eigenvalue weighted by Gasteiger charge is -2.17. The minimum Gasteiger partial charge on any atom is -0.493 e. The van der Waals surface area contributed by atoms with Gasteiger partial charge in [0.15, 0.2) is 11.5 Å². The molecule has 0 radical (unpaired) electrons. The second-order valence-electron chi connectivity index (χ2n) is 7.33. The molecule has 1 aromatic heterocycles. The molecule has 1 heterocycles. The van der Waals surface area contributed by atoms with Gasteiger partial charge in [0.25, 0.3) is 0 Å². The van der Waals surface area contributed by atoms with E-state index in [1.807, 2.05) is 48.7 Å². The van der Waals surface area contributed by atoms with Crippen LogP contribution in [0, 0.1) is 21.4 Å². The van der Waals surface area contributed by atoms with Crippen molar-refractivity contribution in [3.63, 3.8) is 0 Å². The minimum atomic E-state index is -0.455. The molecule has 0 fully saturated rings. The van der Waals surface area contributed by atoms with E-state index in [9.17, 15) is 15.4 Å². The number of nitrogens with one attached hydrogen (secondary N) is 1. The van der Waals surface area contributed by atoms with E-state index >= 15 is 0 Å². The zero-order valence-corrected chi connectivity index (χ0v) is 17.4. The SMILES string of the molecule is COc1cc([C@@H](C[N+](=O)[O-])c2c[nH]c3ccccc23)ccc1OCc1ccccc1C#N. The topological polar surface area (TPSA) is 101 Å². The predicted molar refractivity (Wildman–Crippen MR) is 120 cm³/mol. The van der Waals surface area contributed by atoms with E-state index in [-0.39, 0.29) is 18.1 Å². The molecule has 0 saturated heterocycles. The first-order valence-corrected chi connectivity index (χ1v) is 10.1. The predicted octanol–water partition coefficient (Wildman–Crippen LogP) is 5.04. The first-order chi connectivity index (χ1) is 15.6. The summed E-state index contributed by atoms with van der Waals surface area (Å²) in [5.74, 6) is 0.524. The van der Waals surface area contributed by atoms with Crippen LogP contribution in [-0.4, -0.2) is 23.6 Å². The summed E-state index contributed by atoms with van der Waals surface area (Å²) in [6.45, 7) is -0.0407. The molecule has 4 aromatic rings. The first-order valence-electron chi connectivity index (χ1n) is 10.1. The van der Waals surface area contributed by atoms with E-state index in [1.165, 1.54) is 7.11 Å². The van der Waals surface area contributed by atoms with Gasteiger partial charge in [-0.1, -0.05) is 42.5 Å². The van der Waals surface area contributed by atoms with Crippen LogP contribution in [0.25, 0.3) is 10.9 Å². The number of hydrogen-bond donors (Lipinski definition) is 1. The van der Waals surface area contributed by atoms with Crippen molar-refractivity contribution in [1.29, 1.82) is 5.26 Å². The number of aromatic amines is 1. The van der Waals surface area contributed by atoms with Crippen molar-refractivity contribution < 1.29 is 14.4 Å². The quantitative estimate of drug-likeness (QED) is 0.314. The Hall–Kier alpha value is -4.31. The zero-order chi connectivity index (χ0) is 22.5. The maximum atomic E-state index is 11.5. The molecule has 0 amide bonds. The van der Waals surface area contributed by atoms with Gasteiger partial charge in [0.05, 0.1) is 24.7 Å². The number of fused-ring (bicyclic) bond motifs is 1. The van der Waals surface area contributed by atoms with Crippen LogP contribution in [0.3, 0.4) is 0 Å². The van der Waals surface area contributed by atoms with Gasteiger partial charge in [0.1, 0.15) is 6.61 Å². The Morgan fingerprint density at radius 1 is 1.09 bits per heavy atom. The van der Waals surface area contributed by atoms with Crippen molar-refractivity contribution in [2.75, 3.05) is 13.7 Å². The molecule has 0 saturated carbocycles. The third kappa shape index (κ3) is 4.25. The lowest BCUT2D eigenvalue weighted by molar-refractivity contribution is -0.481. The van der Waals surface area contributed by atoms with Gasteiger partial charge >= 0.3 is 0 Å². The highest BCUT2D eigenvalue weighted by Gasteiger charge is 2.24. The summed E-state index contributed by atoms with van der Waals surface area (Å²) < 4.78 is 11.4. The summed E-state index contributed by atoms with van der Waals surface area (Å²) in [7, 11) is 1.53. The number of rotatable bonds is 8. The van der Waals surface area contributed by atoms with Crippen LogP contribution in [0.4, 0.5) is 0 Å². The lowest BCUT2D eigenvalue weighted by Crippen LogP contribution is -2.14.